The first-order chi connectivity index (χ1) is 0. The average molecular weight is 128 g/mol. The molecule has 0 aromatic heterocycles. The van der Waals surface area contributed by atoms with E-state index in [-0.39, 0.29) is 58.5 Å². The molecule has 0 amide bonds. The molecule has 0 radical (unpaired) electrons. The summed E-state index contributed by atoms with van der Waals surface area (Å²) in [5.74, 6) is 0. The van der Waals surface area contributed by atoms with Gasteiger partial charge in [0.1, 0.15) is 0 Å². The maximum Gasteiger partial charge on any atom is 2.00 e. The van der Waals surface area contributed by atoms with E-state index in [1.54, 1.807) is 0 Å². The van der Waals surface area contributed by atoms with Crippen LogP contribution in [0, 0.1) is 0 Å². The Morgan fingerprint density at radius 1 is 0.667 bits per heavy atom. The minimum Gasteiger partial charge on any atom is -0.870 e. The van der Waals surface area contributed by atoms with Gasteiger partial charge < -0.3 is 21.9 Å². The molecular formula is H8MgO4S. The van der Waals surface area contributed by atoms with Crippen molar-refractivity contribution in [2.75, 3.05) is 0 Å². The second kappa shape index (κ2) is 160. The average Bonchev–Trinajstić information content (AvgIpc) is 0. The first-order valence-corrected chi connectivity index (χ1v) is 0. The topological polar surface area (TPSA) is 123 Å². The van der Waals surface area contributed by atoms with E-state index in [2.05, 4.69) is 0 Å². The van der Waals surface area contributed by atoms with E-state index in [0.29, 0.717) is 0 Å². The molecular weight excluding hydrogens is 120 g/mol. The molecule has 0 unspecified atom stereocenters. The van der Waals surface area contributed by atoms with Gasteiger partial charge in [-0.25, -0.2) is 0 Å². The van der Waals surface area contributed by atoms with Crippen LogP contribution in [-0.2, 0) is 0 Å². The van der Waals surface area contributed by atoms with Crippen LogP contribution >= 0.6 is 13.5 Å². The quantitative estimate of drug-likeness (QED) is 0.341. The van der Waals surface area contributed by atoms with Crippen molar-refractivity contribution in [2.45, 2.75) is 0 Å². The SMILES string of the molecule is O.O.S.[Mg+2].[OH-].[OH-]. The normalized spacial score (nSPS) is 0. The predicted molar refractivity (Wildman–Crippen MR) is 27.2 cm³/mol. The summed E-state index contributed by atoms with van der Waals surface area (Å²) in [5.41, 5.74) is 0. The van der Waals surface area contributed by atoms with E-state index in [0.717, 1.165) is 0 Å². The third-order valence-corrected chi connectivity index (χ3v) is 0. The Balaban J connectivity index is 0. The van der Waals surface area contributed by atoms with Crippen LogP contribution in [0.3, 0.4) is 0 Å². The number of hydrogen-bond donors (Lipinski definition) is 0. The number of hydrogen-bond acceptors (Lipinski definition) is 2. The molecule has 0 aliphatic carbocycles. The van der Waals surface area contributed by atoms with Crippen molar-refractivity contribution in [3.8, 4) is 0 Å². The van der Waals surface area contributed by atoms with Gasteiger partial charge in [-0.05, 0) is 0 Å². The monoisotopic (exact) mass is 128 g/mol. The van der Waals surface area contributed by atoms with Gasteiger partial charge in [0.25, 0.3) is 0 Å². The molecule has 6 heavy (non-hydrogen) atoms. The van der Waals surface area contributed by atoms with Crippen LogP contribution in [0.2, 0.25) is 0 Å². The summed E-state index contributed by atoms with van der Waals surface area (Å²) in [7, 11) is 0. The Kier molecular flexibility index (Phi) is 7200. The van der Waals surface area contributed by atoms with Crippen LogP contribution in [0.5, 0.6) is 0 Å². The summed E-state index contributed by atoms with van der Waals surface area (Å²) in [6, 6.07) is 0. The van der Waals surface area contributed by atoms with Gasteiger partial charge in [0.05, 0.1) is 0 Å². The molecule has 0 saturated heterocycles. The van der Waals surface area contributed by atoms with E-state index in [1.807, 2.05) is 0 Å². The van der Waals surface area contributed by atoms with Gasteiger partial charge in [-0.2, -0.15) is 13.5 Å². The fraction of sp³-hybridized carbons (Fsp3) is 0. The van der Waals surface area contributed by atoms with E-state index >= 15 is 0 Å². The van der Waals surface area contributed by atoms with Crippen molar-refractivity contribution in [3.63, 3.8) is 0 Å². The zero-order valence-corrected chi connectivity index (χ0v) is 5.52. The molecule has 0 rings (SSSR count). The molecule has 6 heteroatoms. The van der Waals surface area contributed by atoms with E-state index in [1.165, 1.54) is 0 Å². The molecule has 6 N–H and O–H groups in total. The molecule has 0 bridgehead atoms. The molecule has 0 spiro atoms. The zero-order valence-electron chi connectivity index (χ0n) is 3.10. The molecule has 4 nitrogen and oxygen atoms in total. The minimum absolute atomic E-state index is 0. The van der Waals surface area contributed by atoms with Crippen LogP contribution < -0.4 is 0 Å². The van der Waals surface area contributed by atoms with Crippen molar-refractivity contribution >= 4 is 36.5 Å². The summed E-state index contributed by atoms with van der Waals surface area (Å²) >= 11 is 0. The third-order valence-electron chi connectivity index (χ3n) is 0. The summed E-state index contributed by atoms with van der Waals surface area (Å²) in [6.07, 6.45) is 0. The molecule has 0 heterocycles. The molecule has 0 aromatic carbocycles. The molecule has 0 saturated carbocycles. The first kappa shape index (κ1) is 270. The van der Waals surface area contributed by atoms with Crippen molar-refractivity contribution in [3.05, 3.63) is 0 Å². The van der Waals surface area contributed by atoms with Gasteiger partial charge in [0.15, 0.2) is 0 Å². The first-order valence-electron chi connectivity index (χ1n) is 0. The maximum atomic E-state index is 0. The fourth-order valence-electron chi connectivity index (χ4n) is 0. The van der Waals surface area contributed by atoms with E-state index in [9.17, 15) is 0 Å². The Morgan fingerprint density at radius 2 is 0.667 bits per heavy atom. The van der Waals surface area contributed by atoms with Crippen LogP contribution in [0.4, 0.5) is 0 Å². The molecule has 0 atom stereocenters. The summed E-state index contributed by atoms with van der Waals surface area (Å²) in [5, 5.41) is 0. The van der Waals surface area contributed by atoms with Gasteiger partial charge in [-0.1, -0.05) is 0 Å². The zero-order chi connectivity index (χ0) is 0. The molecule has 0 aliphatic rings. The van der Waals surface area contributed by atoms with Crippen LogP contribution in [0.15, 0.2) is 0 Å². The molecule has 0 aromatic rings. The van der Waals surface area contributed by atoms with Crippen molar-refractivity contribution in [2.24, 2.45) is 0 Å². The van der Waals surface area contributed by atoms with Gasteiger partial charge >= 0.3 is 23.1 Å². The van der Waals surface area contributed by atoms with E-state index in [4.69, 9.17) is 0 Å². The Morgan fingerprint density at radius 3 is 0.667 bits per heavy atom. The summed E-state index contributed by atoms with van der Waals surface area (Å²) < 4.78 is 0. The maximum absolute atomic E-state index is 0. The minimum atomic E-state index is 0. The predicted octanol–water partition coefficient (Wildman–Crippen LogP) is -2.27. The largest absolute Gasteiger partial charge is 2.00 e. The second-order valence-electron chi connectivity index (χ2n) is 0. The van der Waals surface area contributed by atoms with Gasteiger partial charge in [0, 0.05) is 0 Å². The van der Waals surface area contributed by atoms with Crippen molar-refractivity contribution in [1.29, 1.82) is 0 Å². The standard InChI is InChI=1S/Mg.4H2O.H2S/h;5*1H2/q+2;;;;;/p-2. The van der Waals surface area contributed by atoms with Crippen LogP contribution in [-0.4, -0.2) is 45.0 Å². The fourth-order valence-corrected chi connectivity index (χ4v) is 0. The molecule has 0 aliphatic heterocycles. The van der Waals surface area contributed by atoms with E-state index < -0.39 is 0 Å². The summed E-state index contributed by atoms with van der Waals surface area (Å²) in [6.45, 7) is 0. The van der Waals surface area contributed by atoms with Gasteiger partial charge in [-0.3, -0.25) is 0 Å². The Bertz CT molecular complexity index is 7.51. The summed E-state index contributed by atoms with van der Waals surface area (Å²) in [4.78, 5) is 0. The molecule has 40 valence electrons. The second-order valence-corrected chi connectivity index (χ2v) is 0. The molecule has 0 fully saturated rings. The number of rotatable bonds is 0. The van der Waals surface area contributed by atoms with Crippen molar-refractivity contribution < 1.29 is 21.9 Å². The van der Waals surface area contributed by atoms with Crippen molar-refractivity contribution in [1.82, 2.24) is 0 Å². The van der Waals surface area contributed by atoms with Crippen LogP contribution in [0.1, 0.15) is 0 Å². The third kappa shape index (κ3) is 84.8. The Hall–Kier alpha value is 0.956. The van der Waals surface area contributed by atoms with Gasteiger partial charge in [0.2, 0.25) is 0 Å². The van der Waals surface area contributed by atoms with Crippen LogP contribution in [0.25, 0.3) is 0 Å². The smallest absolute Gasteiger partial charge is 0.870 e. The Labute approximate surface area is 58.8 Å². The van der Waals surface area contributed by atoms with Gasteiger partial charge in [-0.15, -0.1) is 0 Å².